The maximum Gasteiger partial charge on any atom is 0.181 e. The molecule has 1 aliphatic rings. The van der Waals surface area contributed by atoms with Crippen LogP contribution in [0.2, 0.25) is 0 Å². The van der Waals surface area contributed by atoms with E-state index in [9.17, 15) is 4.79 Å². The zero-order chi connectivity index (χ0) is 18.4. The first-order chi connectivity index (χ1) is 12.7. The molecule has 1 heterocycles. The molecule has 0 bridgehead atoms. The summed E-state index contributed by atoms with van der Waals surface area (Å²) < 4.78 is 22.2. The number of methoxy groups -OCH3 is 2. The molecule has 2 aromatic rings. The highest BCUT2D eigenvalue weighted by atomic mass is 35.5. The molecule has 0 aliphatic carbocycles. The van der Waals surface area contributed by atoms with Gasteiger partial charge in [-0.3, -0.25) is 4.79 Å². The lowest BCUT2D eigenvalue weighted by atomic mass is 10.1. The Balaban J connectivity index is 0.00000261. The molecule has 2 N–H and O–H groups in total. The second kappa shape index (κ2) is 10.0. The third-order valence-corrected chi connectivity index (χ3v) is 4.28. The minimum absolute atomic E-state index is 0. The van der Waals surface area contributed by atoms with E-state index in [4.69, 9.17) is 18.9 Å². The molecule has 1 aliphatic heterocycles. The summed E-state index contributed by atoms with van der Waals surface area (Å²) in [4.78, 5) is 12.6. The number of carbonyl (C=O) groups is 1. The standard InChI is InChI=1S/C20H23NO5.ClH/c1-23-18-8-5-9-19(24-2)20(18)15(22)10-11-21-12-14-13-25-16-6-3-4-7-17(16)26-14;/h3-9,14,21H,10-13H2,1-2H3;1H. The van der Waals surface area contributed by atoms with Gasteiger partial charge < -0.3 is 36.7 Å². The Bertz CT molecular complexity index is 746. The van der Waals surface area contributed by atoms with Crippen LogP contribution in [0.15, 0.2) is 42.5 Å². The maximum absolute atomic E-state index is 12.6. The largest absolute Gasteiger partial charge is 1.00 e. The van der Waals surface area contributed by atoms with E-state index in [1.54, 1.807) is 32.4 Å². The van der Waals surface area contributed by atoms with Crippen molar-refractivity contribution < 1.29 is 41.5 Å². The second-order valence-electron chi connectivity index (χ2n) is 6.02. The van der Waals surface area contributed by atoms with Crippen molar-refractivity contribution in [1.29, 1.82) is 0 Å². The van der Waals surface area contributed by atoms with Gasteiger partial charge in [-0.15, -0.1) is 0 Å². The van der Waals surface area contributed by atoms with Crippen LogP contribution in [0.5, 0.6) is 23.0 Å². The molecule has 7 heteroatoms. The summed E-state index contributed by atoms with van der Waals surface area (Å²) in [5, 5.41) is 2.07. The van der Waals surface area contributed by atoms with Crippen LogP contribution in [0.25, 0.3) is 0 Å². The second-order valence-corrected chi connectivity index (χ2v) is 6.02. The Labute approximate surface area is 165 Å². The monoisotopic (exact) mass is 393 g/mol. The number of halogens is 1. The van der Waals surface area contributed by atoms with Crippen LogP contribution in [0.3, 0.4) is 0 Å². The molecule has 27 heavy (non-hydrogen) atoms. The van der Waals surface area contributed by atoms with Gasteiger partial charge in [0.25, 0.3) is 0 Å². The van der Waals surface area contributed by atoms with Crippen molar-refractivity contribution >= 4 is 5.78 Å². The predicted molar refractivity (Wildman–Crippen MR) is 96.5 cm³/mol. The molecular formula is C20H24ClNO5. The van der Waals surface area contributed by atoms with E-state index >= 15 is 0 Å². The minimum atomic E-state index is -0.0270. The van der Waals surface area contributed by atoms with Crippen LogP contribution in [0, 0.1) is 0 Å². The van der Waals surface area contributed by atoms with Crippen molar-refractivity contribution in [2.45, 2.75) is 12.5 Å². The molecule has 1 atom stereocenters. The van der Waals surface area contributed by atoms with Gasteiger partial charge in [0.05, 0.1) is 27.2 Å². The topological polar surface area (TPSA) is 70.6 Å². The quantitative estimate of drug-likeness (QED) is 0.445. The number of carbonyl (C=O) groups excluding carboxylic acids is 1. The number of quaternary nitrogens is 1. The van der Waals surface area contributed by atoms with E-state index in [0.29, 0.717) is 36.6 Å². The molecule has 0 radical (unpaired) electrons. The number of ketones is 1. The lowest BCUT2D eigenvalue weighted by molar-refractivity contribution is -0.659. The number of nitrogens with two attached hydrogens (primary N) is 1. The van der Waals surface area contributed by atoms with Gasteiger partial charge in [0.1, 0.15) is 30.2 Å². The predicted octanol–water partition coefficient (Wildman–Crippen LogP) is -1.32. The molecular weight excluding hydrogens is 370 g/mol. The Hall–Kier alpha value is -2.44. The van der Waals surface area contributed by atoms with Crippen LogP contribution in [0.4, 0.5) is 0 Å². The van der Waals surface area contributed by atoms with E-state index in [1.165, 1.54) is 0 Å². The number of ether oxygens (including phenoxy) is 4. The Kier molecular flexibility index (Phi) is 7.76. The first kappa shape index (κ1) is 20.9. The van der Waals surface area contributed by atoms with Crippen LogP contribution in [-0.2, 0) is 0 Å². The molecule has 0 spiro atoms. The zero-order valence-electron chi connectivity index (χ0n) is 15.4. The van der Waals surface area contributed by atoms with Gasteiger partial charge in [-0.1, -0.05) is 18.2 Å². The Morgan fingerprint density at radius 2 is 1.74 bits per heavy atom. The maximum atomic E-state index is 12.6. The van der Waals surface area contributed by atoms with Crippen molar-refractivity contribution in [3.8, 4) is 23.0 Å². The van der Waals surface area contributed by atoms with E-state index in [1.807, 2.05) is 24.3 Å². The molecule has 2 aromatic carbocycles. The SMILES string of the molecule is COc1cccc(OC)c1C(=O)CC[NH2+]CC1COc2ccccc2O1.[Cl-]. The zero-order valence-corrected chi connectivity index (χ0v) is 16.2. The number of fused-ring (bicyclic) bond motifs is 1. The van der Waals surface area contributed by atoms with Gasteiger partial charge in [-0.25, -0.2) is 0 Å². The summed E-state index contributed by atoms with van der Waals surface area (Å²) >= 11 is 0. The fourth-order valence-electron chi connectivity index (χ4n) is 2.97. The molecule has 146 valence electrons. The van der Waals surface area contributed by atoms with Crippen molar-refractivity contribution in [2.24, 2.45) is 0 Å². The average Bonchev–Trinajstić information content (AvgIpc) is 2.70. The molecule has 0 saturated carbocycles. The third kappa shape index (κ3) is 5.05. The molecule has 0 amide bonds. The first-order valence-electron chi connectivity index (χ1n) is 8.67. The number of Topliss-reactive ketones (excluding diaryl/α,β-unsaturated/α-hetero) is 1. The molecule has 3 rings (SSSR count). The van der Waals surface area contributed by atoms with E-state index in [2.05, 4.69) is 5.32 Å². The highest BCUT2D eigenvalue weighted by Crippen LogP contribution is 2.31. The van der Waals surface area contributed by atoms with Crippen LogP contribution in [0.1, 0.15) is 16.8 Å². The highest BCUT2D eigenvalue weighted by molar-refractivity contribution is 6.01. The average molecular weight is 394 g/mol. The van der Waals surface area contributed by atoms with Crippen molar-refractivity contribution in [1.82, 2.24) is 0 Å². The lowest BCUT2D eigenvalue weighted by Crippen LogP contribution is -3.00. The van der Waals surface area contributed by atoms with Crippen molar-refractivity contribution in [3.63, 3.8) is 0 Å². The molecule has 0 fully saturated rings. The van der Waals surface area contributed by atoms with Crippen LogP contribution < -0.4 is 36.7 Å². The fraction of sp³-hybridized carbons (Fsp3) is 0.350. The summed E-state index contributed by atoms with van der Waals surface area (Å²) in [6.45, 7) is 1.90. The number of hydrogen-bond donors (Lipinski definition) is 1. The summed E-state index contributed by atoms with van der Waals surface area (Å²) in [5.74, 6) is 2.63. The number of para-hydroxylation sites is 2. The van der Waals surface area contributed by atoms with Crippen LogP contribution >= 0.6 is 0 Å². The molecule has 1 unspecified atom stereocenters. The normalized spacial score (nSPS) is 14.8. The number of benzene rings is 2. The summed E-state index contributed by atoms with van der Waals surface area (Å²) in [5.41, 5.74) is 0.497. The van der Waals surface area contributed by atoms with Gasteiger partial charge >= 0.3 is 0 Å². The van der Waals surface area contributed by atoms with Crippen molar-refractivity contribution in [2.75, 3.05) is 33.9 Å². The smallest absolute Gasteiger partial charge is 0.181 e. The van der Waals surface area contributed by atoms with Gasteiger partial charge in [0.2, 0.25) is 0 Å². The fourth-order valence-corrected chi connectivity index (χ4v) is 2.97. The highest BCUT2D eigenvalue weighted by Gasteiger charge is 2.22. The van der Waals surface area contributed by atoms with E-state index < -0.39 is 0 Å². The minimum Gasteiger partial charge on any atom is -1.00 e. The summed E-state index contributed by atoms with van der Waals surface area (Å²) in [6.07, 6.45) is 0.363. The summed E-state index contributed by atoms with van der Waals surface area (Å²) in [7, 11) is 3.10. The van der Waals surface area contributed by atoms with Gasteiger partial charge in [0, 0.05) is 0 Å². The van der Waals surface area contributed by atoms with E-state index in [-0.39, 0.29) is 24.3 Å². The molecule has 6 nitrogen and oxygen atoms in total. The Morgan fingerprint density at radius 1 is 1.07 bits per heavy atom. The number of rotatable bonds is 8. The summed E-state index contributed by atoms with van der Waals surface area (Å²) in [6, 6.07) is 13.0. The van der Waals surface area contributed by atoms with Gasteiger partial charge in [0.15, 0.2) is 23.4 Å². The van der Waals surface area contributed by atoms with Crippen molar-refractivity contribution in [3.05, 3.63) is 48.0 Å². The van der Waals surface area contributed by atoms with Crippen LogP contribution in [-0.4, -0.2) is 45.8 Å². The molecule has 0 saturated heterocycles. The lowest BCUT2D eigenvalue weighted by Gasteiger charge is -2.25. The van der Waals surface area contributed by atoms with E-state index in [0.717, 1.165) is 18.0 Å². The van der Waals surface area contributed by atoms with Gasteiger partial charge in [-0.2, -0.15) is 0 Å². The first-order valence-corrected chi connectivity index (χ1v) is 8.67. The van der Waals surface area contributed by atoms with Gasteiger partial charge in [-0.05, 0) is 24.3 Å². The Morgan fingerprint density at radius 3 is 2.41 bits per heavy atom. The number of hydrogen-bond acceptors (Lipinski definition) is 5. The third-order valence-electron chi connectivity index (χ3n) is 4.28. The molecule has 0 aromatic heterocycles.